The Hall–Kier alpha value is -7.11. The molecule has 0 saturated heterocycles. The van der Waals surface area contributed by atoms with Crippen LogP contribution in [0.25, 0.3) is 100 Å². The van der Waals surface area contributed by atoms with Crippen molar-refractivity contribution < 1.29 is 4.42 Å². The number of para-hydroxylation sites is 2. The number of hydrogen-bond acceptors (Lipinski definition) is 4. The Bertz CT molecular complexity index is 3050. The fourth-order valence-electron chi connectivity index (χ4n) is 7.67. The molecule has 0 N–H and O–H groups in total. The first-order chi connectivity index (χ1) is 26.6. The highest BCUT2D eigenvalue weighted by molar-refractivity contribution is 6.15. The fourth-order valence-corrected chi connectivity index (χ4v) is 7.67. The summed E-state index contributed by atoms with van der Waals surface area (Å²) in [6, 6.07) is 57.4. The van der Waals surface area contributed by atoms with Gasteiger partial charge in [-0.1, -0.05) is 121 Å². The first kappa shape index (κ1) is 31.6. The van der Waals surface area contributed by atoms with Gasteiger partial charge in [-0.15, -0.1) is 0 Å². The van der Waals surface area contributed by atoms with E-state index in [9.17, 15) is 0 Å². The normalized spacial score (nSPS) is 12.0. The first-order valence-electron chi connectivity index (χ1n) is 18.2. The lowest BCUT2D eigenvalue weighted by Gasteiger charge is -2.13. The predicted molar refractivity (Wildman–Crippen MR) is 223 cm³/mol. The molecule has 3 aromatic heterocycles. The molecule has 256 valence electrons. The van der Waals surface area contributed by atoms with E-state index in [4.69, 9.17) is 19.4 Å². The molecule has 5 nitrogen and oxygen atoms in total. The average molecular weight is 695 g/mol. The summed E-state index contributed by atoms with van der Waals surface area (Å²) in [6.07, 6.45) is 2.03. The Balaban J connectivity index is 1.24. The van der Waals surface area contributed by atoms with E-state index in [0.29, 0.717) is 17.5 Å². The summed E-state index contributed by atoms with van der Waals surface area (Å²) in [4.78, 5) is 15.0. The van der Waals surface area contributed by atoms with Gasteiger partial charge in [0.25, 0.3) is 0 Å². The monoisotopic (exact) mass is 694 g/mol. The van der Waals surface area contributed by atoms with Crippen molar-refractivity contribution in [1.82, 2.24) is 19.5 Å². The molecule has 0 spiro atoms. The van der Waals surface area contributed by atoms with Crippen LogP contribution < -0.4 is 0 Å². The number of furan rings is 1. The number of rotatable bonds is 6. The molecule has 3 heterocycles. The standard InChI is InChI=1S/C49H34N4O/c1-3-31(2)47-50-48(33-18-9-5-10-19-33)52-49(51-47)37-23-15-25-44-46(37)41-29-38(39(30-45(41)54-44)32-16-7-4-8-17-32)34-26-27-43-40(28-34)36-22-13-14-24-42(36)53(43)35-20-11-6-12-21-35/h3-30H,1-2H3/b31-3+. The molecule has 0 bridgehead atoms. The minimum Gasteiger partial charge on any atom is -0.456 e. The zero-order valence-electron chi connectivity index (χ0n) is 29.9. The molecule has 0 saturated carbocycles. The number of aromatic nitrogens is 4. The molecule has 0 atom stereocenters. The molecule has 7 aromatic carbocycles. The van der Waals surface area contributed by atoms with Crippen molar-refractivity contribution in [2.24, 2.45) is 0 Å². The van der Waals surface area contributed by atoms with Crippen molar-refractivity contribution in [2.45, 2.75) is 13.8 Å². The SMILES string of the molecule is C/C=C(\C)c1nc(-c2ccccc2)nc(-c2cccc3oc4cc(-c5ccccc5)c(-c5ccc6c(c5)c5ccccc5n6-c5ccccc5)cc4c23)n1. The van der Waals surface area contributed by atoms with Gasteiger partial charge in [0, 0.05) is 38.4 Å². The maximum absolute atomic E-state index is 6.68. The number of nitrogens with zero attached hydrogens (tertiary/aromatic N) is 4. The highest BCUT2D eigenvalue weighted by Gasteiger charge is 2.21. The van der Waals surface area contributed by atoms with Gasteiger partial charge in [-0.3, -0.25) is 0 Å². The van der Waals surface area contributed by atoms with E-state index in [2.05, 4.69) is 126 Å². The van der Waals surface area contributed by atoms with Crippen LogP contribution in [0.5, 0.6) is 0 Å². The van der Waals surface area contributed by atoms with Crippen LogP contribution in [0.4, 0.5) is 0 Å². The molecule has 0 radical (unpaired) electrons. The van der Waals surface area contributed by atoms with Crippen molar-refractivity contribution in [1.29, 1.82) is 0 Å². The predicted octanol–water partition coefficient (Wildman–Crippen LogP) is 13.0. The lowest BCUT2D eigenvalue weighted by molar-refractivity contribution is 0.669. The minimum atomic E-state index is 0.609. The van der Waals surface area contributed by atoms with Crippen molar-refractivity contribution in [2.75, 3.05) is 0 Å². The second-order valence-corrected chi connectivity index (χ2v) is 13.6. The summed E-state index contributed by atoms with van der Waals surface area (Å²) in [5, 5.41) is 4.40. The molecule has 0 aliphatic rings. The molecule has 5 heteroatoms. The molecule has 10 rings (SSSR count). The molecule has 0 fully saturated rings. The van der Waals surface area contributed by atoms with Gasteiger partial charge >= 0.3 is 0 Å². The van der Waals surface area contributed by atoms with Crippen molar-refractivity contribution in [3.8, 4) is 50.7 Å². The van der Waals surface area contributed by atoms with Gasteiger partial charge in [-0.05, 0) is 90.2 Å². The summed E-state index contributed by atoms with van der Waals surface area (Å²) in [5.41, 5.74) is 12.4. The third-order valence-electron chi connectivity index (χ3n) is 10.4. The van der Waals surface area contributed by atoms with Gasteiger partial charge < -0.3 is 8.98 Å². The highest BCUT2D eigenvalue weighted by atomic mass is 16.3. The van der Waals surface area contributed by atoms with E-state index < -0.39 is 0 Å². The quantitative estimate of drug-likeness (QED) is 0.174. The summed E-state index contributed by atoms with van der Waals surface area (Å²) in [7, 11) is 0. The van der Waals surface area contributed by atoms with E-state index in [1.807, 2.05) is 62.4 Å². The van der Waals surface area contributed by atoms with Crippen LogP contribution in [0.15, 0.2) is 174 Å². The average Bonchev–Trinajstić information content (AvgIpc) is 3.78. The van der Waals surface area contributed by atoms with Gasteiger partial charge in [-0.25, -0.2) is 15.0 Å². The number of hydrogen-bond donors (Lipinski definition) is 0. The third-order valence-corrected chi connectivity index (χ3v) is 10.4. The Morgan fingerprint density at radius 3 is 1.94 bits per heavy atom. The van der Waals surface area contributed by atoms with Crippen molar-refractivity contribution in [3.05, 3.63) is 176 Å². The van der Waals surface area contributed by atoms with Gasteiger partial charge in [0.15, 0.2) is 17.5 Å². The van der Waals surface area contributed by atoms with E-state index in [-0.39, 0.29) is 0 Å². The second kappa shape index (κ2) is 12.8. The molecule has 0 aliphatic heterocycles. The van der Waals surface area contributed by atoms with Crippen LogP contribution in [0.3, 0.4) is 0 Å². The van der Waals surface area contributed by atoms with Crippen LogP contribution in [-0.2, 0) is 0 Å². The van der Waals surface area contributed by atoms with Crippen LogP contribution >= 0.6 is 0 Å². The van der Waals surface area contributed by atoms with Gasteiger partial charge in [0.05, 0.1) is 11.0 Å². The van der Waals surface area contributed by atoms with Crippen molar-refractivity contribution in [3.63, 3.8) is 0 Å². The van der Waals surface area contributed by atoms with Gasteiger partial charge in [0.1, 0.15) is 11.2 Å². The molecule has 0 aliphatic carbocycles. The Morgan fingerprint density at radius 2 is 1.17 bits per heavy atom. The van der Waals surface area contributed by atoms with Crippen LogP contribution in [0, 0.1) is 0 Å². The maximum Gasteiger partial charge on any atom is 0.164 e. The zero-order valence-corrected chi connectivity index (χ0v) is 29.9. The number of benzene rings is 7. The van der Waals surface area contributed by atoms with E-state index in [0.717, 1.165) is 66.6 Å². The Labute approximate surface area is 312 Å². The largest absolute Gasteiger partial charge is 0.456 e. The van der Waals surface area contributed by atoms with Gasteiger partial charge in [-0.2, -0.15) is 0 Å². The van der Waals surface area contributed by atoms with Crippen molar-refractivity contribution >= 4 is 49.3 Å². The third kappa shape index (κ3) is 5.21. The van der Waals surface area contributed by atoms with E-state index in [1.165, 1.54) is 21.8 Å². The lowest BCUT2D eigenvalue weighted by atomic mass is 9.91. The lowest BCUT2D eigenvalue weighted by Crippen LogP contribution is -2.02. The Morgan fingerprint density at radius 1 is 0.500 bits per heavy atom. The fraction of sp³-hybridized carbons (Fsp3) is 0.0408. The van der Waals surface area contributed by atoms with Gasteiger partial charge in [0.2, 0.25) is 0 Å². The maximum atomic E-state index is 6.68. The summed E-state index contributed by atoms with van der Waals surface area (Å²) >= 11 is 0. The minimum absolute atomic E-state index is 0.609. The topological polar surface area (TPSA) is 56.7 Å². The van der Waals surface area contributed by atoms with E-state index >= 15 is 0 Å². The molecular weight excluding hydrogens is 661 g/mol. The number of allylic oxidation sites excluding steroid dienone is 2. The summed E-state index contributed by atoms with van der Waals surface area (Å²) < 4.78 is 9.03. The van der Waals surface area contributed by atoms with Crippen LogP contribution in [0.2, 0.25) is 0 Å². The summed E-state index contributed by atoms with van der Waals surface area (Å²) in [5.74, 6) is 1.90. The second-order valence-electron chi connectivity index (χ2n) is 13.6. The van der Waals surface area contributed by atoms with E-state index in [1.54, 1.807) is 0 Å². The first-order valence-corrected chi connectivity index (χ1v) is 18.2. The summed E-state index contributed by atoms with van der Waals surface area (Å²) in [6.45, 7) is 4.04. The molecule has 10 aromatic rings. The van der Waals surface area contributed by atoms with Crippen LogP contribution in [-0.4, -0.2) is 19.5 Å². The smallest absolute Gasteiger partial charge is 0.164 e. The van der Waals surface area contributed by atoms with Crippen LogP contribution in [0.1, 0.15) is 19.7 Å². The molecule has 0 amide bonds. The molecule has 0 unspecified atom stereocenters. The Kier molecular flexibility index (Phi) is 7.51. The highest BCUT2D eigenvalue weighted by Crippen LogP contribution is 2.44. The zero-order chi connectivity index (χ0) is 36.2. The number of fused-ring (bicyclic) bond motifs is 6. The molecular formula is C49H34N4O. The molecule has 54 heavy (non-hydrogen) atoms.